The average molecular weight is 251 g/mol. The first-order chi connectivity index (χ1) is 7.93. The van der Waals surface area contributed by atoms with Gasteiger partial charge in [0.1, 0.15) is 0 Å². The van der Waals surface area contributed by atoms with Crippen LogP contribution in [-0.4, -0.2) is 24.8 Å². The van der Waals surface area contributed by atoms with Crippen LogP contribution in [0.15, 0.2) is 34.4 Å². The van der Waals surface area contributed by atoms with Crippen molar-refractivity contribution in [2.45, 2.75) is 12.8 Å². The van der Waals surface area contributed by atoms with Gasteiger partial charge in [-0.3, -0.25) is 0 Å². The van der Waals surface area contributed by atoms with Gasteiger partial charge in [-0.15, -0.1) is 12.4 Å². The number of guanidine groups is 1. The van der Waals surface area contributed by atoms with Crippen LogP contribution in [0.2, 0.25) is 0 Å². The summed E-state index contributed by atoms with van der Waals surface area (Å²) in [6.07, 6.45) is 2.11. The molecule has 2 N–H and O–H groups in total. The Bertz CT molecular complexity index is 467. The summed E-state index contributed by atoms with van der Waals surface area (Å²) in [6.45, 7) is 1.74. The zero-order valence-corrected chi connectivity index (χ0v) is 10.3. The zero-order chi connectivity index (χ0) is 10.8. The lowest BCUT2D eigenvalue weighted by Gasteiger charge is -2.02. The predicted octanol–water partition coefficient (Wildman–Crippen LogP) is 1.31. The maximum absolute atomic E-state index is 4.42. The normalized spacial score (nSPS) is 19.3. The molecule has 0 unspecified atom stereocenters. The Hall–Kier alpha value is -1.55. The minimum Gasteiger partial charge on any atom is -0.353 e. The minimum atomic E-state index is 0. The Kier molecular flexibility index (Phi) is 3.64. The monoisotopic (exact) mass is 250 g/mol. The third-order valence-corrected chi connectivity index (χ3v) is 2.93. The third kappa shape index (κ3) is 2.42. The molecular weight excluding hydrogens is 236 g/mol. The second kappa shape index (κ2) is 5.19. The fourth-order valence-electron chi connectivity index (χ4n) is 2.12. The SMILES string of the molecule is Cl.c1ccc2c(c1)CC/C2=N/NC1=NCCN1. The average Bonchev–Trinajstić information content (AvgIpc) is 2.96. The summed E-state index contributed by atoms with van der Waals surface area (Å²) < 4.78 is 0. The molecule has 1 aromatic rings. The summed E-state index contributed by atoms with van der Waals surface area (Å²) in [5.41, 5.74) is 6.79. The summed E-state index contributed by atoms with van der Waals surface area (Å²) in [5.74, 6) is 0.789. The van der Waals surface area contributed by atoms with Crippen LogP contribution >= 0.6 is 12.4 Å². The lowest BCUT2D eigenvalue weighted by Crippen LogP contribution is -2.30. The van der Waals surface area contributed by atoms with Gasteiger partial charge in [0.05, 0.1) is 12.3 Å². The summed E-state index contributed by atoms with van der Waals surface area (Å²) in [5, 5.41) is 7.56. The number of rotatable bonds is 1. The van der Waals surface area contributed by atoms with Crippen LogP contribution in [-0.2, 0) is 6.42 Å². The third-order valence-electron chi connectivity index (χ3n) is 2.93. The molecule has 3 rings (SSSR count). The Morgan fingerprint density at radius 3 is 2.94 bits per heavy atom. The molecule has 0 amide bonds. The number of hydrogen-bond donors (Lipinski definition) is 2. The molecule has 0 saturated carbocycles. The van der Waals surface area contributed by atoms with E-state index in [1.54, 1.807) is 0 Å². The van der Waals surface area contributed by atoms with E-state index in [2.05, 4.69) is 45.1 Å². The number of nitrogens with one attached hydrogen (secondary N) is 2. The van der Waals surface area contributed by atoms with E-state index in [0.29, 0.717) is 0 Å². The molecule has 1 aromatic carbocycles. The van der Waals surface area contributed by atoms with Crippen LogP contribution in [0.4, 0.5) is 0 Å². The van der Waals surface area contributed by atoms with Gasteiger partial charge in [-0.1, -0.05) is 24.3 Å². The Morgan fingerprint density at radius 2 is 2.12 bits per heavy atom. The highest BCUT2D eigenvalue weighted by atomic mass is 35.5. The van der Waals surface area contributed by atoms with Crippen molar-refractivity contribution in [3.05, 3.63) is 35.4 Å². The number of halogens is 1. The highest BCUT2D eigenvalue weighted by molar-refractivity contribution is 6.04. The second-order valence-electron chi connectivity index (χ2n) is 3.98. The van der Waals surface area contributed by atoms with Crippen LogP contribution < -0.4 is 10.7 Å². The topological polar surface area (TPSA) is 48.8 Å². The first-order valence-corrected chi connectivity index (χ1v) is 5.63. The summed E-state index contributed by atoms with van der Waals surface area (Å²) in [6, 6.07) is 8.44. The fraction of sp³-hybridized carbons (Fsp3) is 0.333. The van der Waals surface area contributed by atoms with Gasteiger partial charge in [0, 0.05) is 12.1 Å². The van der Waals surface area contributed by atoms with Crippen LogP contribution in [0, 0.1) is 0 Å². The van der Waals surface area contributed by atoms with Gasteiger partial charge in [-0.05, 0) is 18.4 Å². The molecular formula is C12H15ClN4. The van der Waals surface area contributed by atoms with Crippen molar-refractivity contribution in [2.24, 2.45) is 10.1 Å². The van der Waals surface area contributed by atoms with Crippen molar-refractivity contribution in [2.75, 3.05) is 13.1 Å². The number of fused-ring (bicyclic) bond motifs is 1. The van der Waals surface area contributed by atoms with Crippen molar-refractivity contribution in [3.8, 4) is 0 Å². The van der Waals surface area contributed by atoms with Gasteiger partial charge in [0.25, 0.3) is 0 Å². The number of hydrogen-bond acceptors (Lipinski definition) is 4. The number of aliphatic imine (C=N–C) groups is 1. The lowest BCUT2D eigenvalue weighted by atomic mass is 10.1. The zero-order valence-electron chi connectivity index (χ0n) is 9.44. The minimum absolute atomic E-state index is 0. The molecule has 0 bridgehead atoms. The largest absolute Gasteiger partial charge is 0.353 e. The molecule has 0 atom stereocenters. The summed E-state index contributed by atoms with van der Waals surface area (Å²) in [4.78, 5) is 4.24. The van der Waals surface area contributed by atoms with Gasteiger partial charge in [-0.2, -0.15) is 5.10 Å². The number of aryl methyl sites for hydroxylation is 1. The Labute approximate surface area is 107 Å². The first kappa shape index (κ1) is 11.9. The van der Waals surface area contributed by atoms with E-state index in [0.717, 1.165) is 37.6 Å². The van der Waals surface area contributed by atoms with Crippen LogP contribution in [0.25, 0.3) is 0 Å². The van der Waals surface area contributed by atoms with E-state index in [4.69, 9.17) is 0 Å². The molecule has 0 aromatic heterocycles. The summed E-state index contributed by atoms with van der Waals surface area (Å²) >= 11 is 0. The molecule has 2 aliphatic rings. The maximum Gasteiger partial charge on any atom is 0.212 e. The smallest absolute Gasteiger partial charge is 0.212 e. The summed E-state index contributed by atoms with van der Waals surface area (Å²) in [7, 11) is 0. The van der Waals surface area contributed by atoms with E-state index < -0.39 is 0 Å². The quantitative estimate of drug-likeness (QED) is 0.739. The van der Waals surface area contributed by atoms with Crippen molar-refractivity contribution in [1.29, 1.82) is 0 Å². The second-order valence-corrected chi connectivity index (χ2v) is 3.98. The maximum atomic E-state index is 4.42. The van der Waals surface area contributed by atoms with E-state index in [1.807, 2.05) is 0 Å². The first-order valence-electron chi connectivity index (χ1n) is 5.63. The van der Waals surface area contributed by atoms with Crippen molar-refractivity contribution >= 4 is 24.1 Å². The molecule has 5 heteroatoms. The van der Waals surface area contributed by atoms with Gasteiger partial charge in [-0.25, -0.2) is 10.4 Å². The molecule has 0 spiro atoms. The molecule has 1 aliphatic heterocycles. The molecule has 17 heavy (non-hydrogen) atoms. The van der Waals surface area contributed by atoms with E-state index in [9.17, 15) is 0 Å². The number of benzene rings is 1. The number of hydrazone groups is 1. The standard InChI is InChI=1S/C12H14N4.ClH/c1-2-4-10-9(3-1)5-6-11(10)15-16-12-13-7-8-14-12;/h1-4H,5-8H2,(H2,13,14,16);1H/b15-11-;. The van der Waals surface area contributed by atoms with Crippen LogP contribution in [0.3, 0.4) is 0 Å². The highest BCUT2D eigenvalue weighted by Gasteiger charge is 2.16. The molecule has 1 aliphatic carbocycles. The van der Waals surface area contributed by atoms with Crippen LogP contribution in [0.1, 0.15) is 17.5 Å². The van der Waals surface area contributed by atoms with Gasteiger partial charge in [0.2, 0.25) is 5.96 Å². The highest BCUT2D eigenvalue weighted by Crippen LogP contribution is 2.21. The van der Waals surface area contributed by atoms with Gasteiger partial charge < -0.3 is 5.32 Å². The van der Waals surface area contributed by atoms with Crippen LogP contribution in [0.5, 0.6) is 0 Å². The Morgan fingerprint density at radius 1 is 1.24 bits per heavy atom. The fourth-order valence-corrected chi connectivity index (χ4v) is 2.12. The van der Waals surface area contributed by atoms with E-state index in [1.165, 1.54) is 11.1 Å². The molecule has 0 saturated heterocycles. The van der Waals surface area contributed by atoms with E-state index in [-0.39, 0.29) is 12.4 Å². The van der Waals surface area contributed by atoms with Gasteiger partial charge in [0.15, 0.2) is 0 Å². The predicted molar refractivity (Wildman–Crippen MR) is 72.0 cm³/mol. The Balaban J connectivity index is 0.00000108. The molecule has 0 radical (unpaired) electrons. The van der Waals surface area contributed by atoms with E-state index >= 15 is 0 Å². The number of nitrogens with zero attached hydrogens (tertiary/aromatic N) is 2. The van der Waals surface area contributed by atoms with Crippen molar-refractivity contribution in [3.63, 3.8) is 0 Å². The molecule has 0 fully saturated rings. The lowest BCUT2D eigenvalue weighted by molar-refractivity contribution is 0.913. The molecule has 4 nitrogen and oxygen atoms in total. The van der Waals surface area contributed by atoms with Gasteiger partial charge >= 0.3 is 0 Å². The van der Waals surface area contributed by atoms with Crippen molar-refractivity contribution < 1.29 is 0 Å². The molecule has 90 valence electrons. The van der Waals surface area contributed by atoms with Crippen molar-refractivity contribution in [1.82, 2.24) is 10.7 Å². The molecule has 1 heterocycles.